The zero-order chi connectivity index (χ0) is 21.5. The van der Waals surface area contributed by atoms with Crippen molar-refractivity contribution >= 4 is 72.3 Å². The summed E-state index contributed by atoms with van der Waals surface area (Å²) >= 11 is 10.9. The Morgan fingerprint density at radius 2 is 1.81 bits per heavy atom. The Balaban J connectivity index is 1.39. The van der Waals surface area contributed by atoms with Gasteiger partial charge in [-0.05, 0) is 53.3 Å². The smallest absolute Gasteiger partial charge is 0.189 e. The van der Waals surface area contributed by atoms with Crippen molar-refractivity contribution in [3.63, 3.8) is 0 Å². The predicted molar refractivity (Wildman–Crippen MR) is 137 cm³/mol. The van der Waals surface area contributed by atoms with E-state index in [0.29, 0.717) is 11.7 Å². The highest BCUT2D eigenvalue weighted by Gasteiger charge is 2.16. The normalized spacial score (nSPS) is 11.5. The molecule has 5 rings (SSSR count). The molecule has 3 N–H and O–H groups in total. The van der Waals surface area contributed by atoms with E-state index in [4.69, 9.17) is 22.3 Å². The van der Waals surface area contributed by atoms with Gasteiger partial charge in [-0.3, -0.25) is 0 Å². The number of anilines is 3. The lowest BCUT2D eigenvalue weighted by Crippen LogP contribution is -1.92. The van der Waals surface area contributed by atoms with Crippen molar-refractivity contribution in [1.82, 2.24) is 9.97 Å². The number of halogens is 1. The molecule has 3 aromatic heterocycles. The molecule has 0 saturated heterocycles. The zero-order valence-electron chi connectivity index (χ0n) is 16.8. The van der Waals surface area contributed by atoms with E-state index in [1.54, 1.807) is 22.7 Å². The highest BCUT2D eigenvalue weighted by molar-refractivity contribution is 7.24. The molecule has 0 spiro atoms. The molecule has 4 nitrogen and oxygen atoms in total. The number of fused-ring (bicyclic) bond motifs is 1. The standard InChI is InChI=1S/C23H19ClN4S3/c1-12(2)13-3-6-16(7-4-13)26-23-28-21(25)20(31-23)22-27-17(11-29-22)19-10-14-9-15(24)5-8-18(14)30-19/h3-12H,25H2,1-2H3,(H,26,28). The summed E-state index contributed by atoms with van der Waals surface area (Å²) in [4.78, 5) is 11.4. The average molecular weight is 483 g/mol. The van der Waals surface area contributed by atoms with Gasteiger partial charge in [-0.15, -0.1) is 22.7 Å². The van der Waals surface area contributed by atoms with E-state index in [-0.39, 0.29) is 0 Å². The van der Waals surface area contributed by atoms with Crippen molar-refractivity contribution in [3.8, 4) is 20.5 Å². The highest BCUT2D eigenvalue weighted by Crippen LogP contribution is 2.41. The van der Waals surface area contributed by atoms with E-state index < -0.39 is 0 Å². The van der Waals surface area contributed by atoms with Crippen LogP contribution in [0.15, 0.2) is 53.9 Å². The number of nitrogens with zero attached hydrogens (tertiary/aromatic N) is 2. The van der Waals surface area contributed by atoms with Gasteiger partial charge in [0.25, 0.3) is 0 Å². The van der Waals surface area contributed by atoms with Crippen LogP contribution in [0.4, 0.5) is 16.6 Å². The number of benzene rings is 2. The van der Waals surface area contributed by atoms with Gasteiger partial charge in [-0.1, -0.05) is 48.9 Å². The van der Waals surface area contributed by atoms with Gasteiger partial charge in [0.05, 0.1) is 10.6 Å². The van der Waals surface area contributed by atoms with Crippen LogP contribution in [0, 0.1) is 0 Å². The highest BCUT2D eigenvalue weighted by atomic mass is 35.5. The maximum atomic E-state index is 6.23. The molecule has 0 amide bonds. The Labute approximate surface area is 197 Å². The van der Waals surface area contributed by atoms with Gasteiger partial charge >= 0.3 is 0 Å². The van der Waals surface area contributed by atoms with E-state index >= 15 is 0 Å². The first kappa shape index (κ1) is 20.5. The van der Waals surface area contributed by atoms with E-state index in [1.165, 1.54) is 21.6 Å². The lowest BCUT2D eigenvalue weighted by molar-refractivity contribution is 0.867. The van der Waals surface area contributed by atoms with Crippen LogP contribution in [0.2, 0.25) is 5.02 Å². The molecular formula is C23H19ClN4S3. The van der Waals surface area contributed by atoms with E-state index in [0.717, 1.165) is 41.7 Å². The molecule has 0 radical (unpaired) electrons. The number of thiazole rings is 2. The second-order valence-electron chi connectivity index (χ2n) is 7.47. The lowest BCUT2D eigenvalue weighted by Gasteiger charge is -2.07. The largest absolute Gasteiger partial charge is 0.382 e. The number of nitrogen functional groups attached to an aromatic ring is 1. The predicted octanol–water partition coefficient (Wildman–Crippen LogP) is 8.25. The van der Waals surface area contributed by atoms with E-state index in [9.17, 15) is 0 Å². The molecule has 31 heavy (non-hydrogen) atoms. The van der Waals surface area contributed by atoms with Crippen LogP contribution < -0.4 is 11.1 Å². The van der Waals surface area contributed by atoms with Crippen LogP contribution in [0.1, 0.15) is 25.3 Å². The number of thiophene rings is 1. The number of nitrogens with one attached hydrogen (secondary N) is 1. The summed E-state index contributed by atoms with van der Waals surface area (Å²) in [6.45, 7) is 4.37. The molecule has 5 aromatic rings. The molecule has 0 atom stereocenters. The van der Waals surface area contributed by atoms with Crippen molar-refractivity contribution < 1.29 is 0 Å². The fourth-order valence-electron chi connectivity index (χ4n) is 3.25. The molecule has 0 bridgehead atoms. The molecule has 0 aliphatic rings. The summed E-state index contributed by atoms with van der Waals surface area (Å²) in [6, 6.07) is 16.5. The minimum atomic E-state index is 0.496. The van der Waals surface area contributed by atoms with Crippen molar-refractivity contribution in [1.29, 1.82) is 0 Å². The Kier molecular flexibility index (Phi) is 5.44. The summed E-state index contributed by atoms with van der Waals surface area (Å²) in [5.74, 6) is 1.00. The van der Waals surface area contributed by atoms with Gasteiger partial charge < -0.3 is 11.1 Å². The SMILES string of the molecule is CC(C)c1ccc(Nc2nc(N)c(-c3nc(-c4cc5cc(Cl)ccc5s4)cs3)s2)cc1. The fraction of sp³-hybridized carbons (Fsp3) is 0.130. The van der Waals surface area contributed by atoms with Gasteiger partial charge in [0, 0.05) is 20.8 Å². The van der Waals surface area contributed by atoms with Crippen molar-refractivity contribution in [3.05, 3.63) is 64.5 Å². The van der Waals surface area contributed by atoms with Crippen LogP contribution in [-0.2, 0) is 0 Å². The second-order valence-corrected chi connectivity index (χ2v) is 10.8. The zero-order valence-corrected chi connectivity index (χ0v) is 20.1. The maximum absolute atomic E-state index is 6.23. The molecule has 156 valence electrons. The summed E-state index contributed by atoms with van der Waals surface area (Å²) in [5.41, 5.74) is 9.48. The van der Waals surface area contributed by atoms with Crippen LogP contribution in [0.5, 0.6) is 0 Å². The molecule has 0 aliphatic carbocycles. The number of rotatable bonds is 5. The van der Waals surface area contributed by atoms with Crippen molar-refractivity contribution in [2.24, 2.45) is 0 Å². The summed E-state index contributed by atoms with van der Waals surface area (Å²) in [7, 11) is 0. The molecule has 0 aliphatic heterocycles. The first-order chi connectivity index (χ1) is 15.0. The first-order valence-electron chi connectivity index (χ1n) is 9.75. The summed E-state index contributed by atoms with van der Waals surface area (Å²) in [5, 5.41) is 8.94. The number of hydrogen-bond acceptors (Lipinski definition) is 7. The van der Waals surface area contributed by atoms with Gasteiger partial charge in [0.15, 0.2) is 5.13 Å². The Morgan fingerprint density at radius 3 is 2.58 bits per heavy atom. The van der Waals surface area contributed by atoms with Crippen molar-refractivity contribution in [2.75, 3.05) is 11.1 Å². The molecular weight excluding hydrogens is 464 g/mol. The number of hydrogen-bond donors (Lipinski definition) is 2. The topological polar surface area (TPSA) is 63.8 Å². The molecule has 0 unspecified atom stereocenters. The van der Waals surface area contributed by atoms with Crippen LogP contribution in [0.3, 0.4) is 0 Å². The van der Waals surface area contributed by atoms with Crippen LogP contribution >= 0.6 is 45.6 Å². The minimum Gasteiger partial charge on any atom is -0.382 e. The van der Waals surface area contributed by atoms with Gasteiger partial charge in [0.1, 0.15) is 15.7 Å². The van der Waals surface area contributed by atoms with Gasteiger partial charge in [0.2, 0.25) is 0 Å². The second kappa shape index (κ2) is 8.24. The Hall–Kier alpha value is -2.45. The fourth-order valence-corrected chi connectivity index (χ4v) is 6.33. The Bertz CT molecular complexity index is 1370. The third-order valence-electron chi connectivity index (χ3n) is 4.91. The van der Waals surface area contributed by atoms with Gasteiger partial charge in [-0.25, -0.2) is 9.97 Å². The Morgan fingerprint density at radius 1 is 1.00 bits per heavy atom. The van der Waals surface area contributed by atoms with E-state index in [1.807, 2.05) is 18.2 Å². The van der Waals surface area contributed by atoms with Crippen LogP contribution in [-0.4, -0.2) is 9.97 Å². The average Bonchev–Trinajstić information content (AvgIpc) is 3.46. The third-order valence-corrected chi connectivity index (χ3v) is 8.27. The van der Waals surface area contributed by atoms with E-state index in [2.05, 4.69) is 59.9 Å². The molecule has 0 saturated carbocycles. The lowest BCUT2D eigenvalue weighted by atomic mass is 10.0. The van der Waals surface area contributed by atoms with Gasteiger partial charge in [-0.2, -0.15) is 0 Å². The van der Waals surface area contributed by atoms with Crippen LogP contribution in [0.25, 0.3) is 30.5 Å². The van der Waals surface area contributed by atoms with Crippen molar-refractivity contribution in [2.45, 2.75) is 19.8 Å². The first-order valence-corrected chi connectivity index (χ1v) is 12.6. The monoisotopic (exact) mass is 482 g/mol. The quantitative estimate of drug-likeness (QED) is 0.264. The summed E-state index contributed by atoms with van der Waals surface area (Å²) < 4.78 is 1.20. The molecule has 8 heteroatoms. The molecule has 2 aromatic carbocycles. The molecule has 0 fully saturated rings. The minimum absolute atomic E-state index is 0.496. The number of aromatic nitrogens is 2. The number of nitrogens with two attached hydrogens (primary N) is 1. The summed E-state index contributed by atoms with van der Waals surface area (Å²) in [6.07, 6.45) is 0. The maximum Gasteiger partial charge on any atom is 0.189 e. The molecule has 3 heterocycles. The third kappa shape index (κ3) is 4.19.